The molecule has 7 nitrogen and oxygen atoms in total. The SMILES string of the molecule is COS(=O)(=O)[O-].Cc1cc2c(cc1C)[n+](C)c1nc3ccccc3c-1n2C. The number of aryl methyl sites for hydroxylation is 4. The van der Waals surface area contributed by atoms with Crippen LogP contribution in [0.2, 0.25) is 0 Å². The van der Waals surface area contributed by atoms with Crippen molar-refractivity contribution in [3.05, 3.63) is 47.5 Å². The molecule has 0 N–H and O–H groups in total. The van der Waals surface area contributed by atoms with Crippen LogP contribution in [0.15, 0.2) is 36.4 Å². The summed E-state index contributed by atoms with van der Waals surface area (Å²) in [5, 5.41) is 1.21. The molecular formula is C19H21N3O4S. The van der Waals surface area contributed by atoms with Gasteiger partial charge in [-0.05, 0) is 54.2 Å². The molecule has 0 aliphatic carbocycles. The first-order valence-electron chi connectivity index (χ1n) is 8.29. The van der Waals surface area contributed by atoms with Crippen molar-refractivity contribution in [2.24, 2.45) is 14.1 Å². The van der Waals surface area contributed by atoms with Crippen molar-refractivity contribution in [2.45, 2.75) is 13.8 Å². The molecule has 0 spiro atoms. The fraction of sp³-hybridized carbons (Fsp3) is 0.263. The number of benzene rings is 2. The predicted molar refractivity (Wildman–Crippen MR) is 102 cm³/mol. The Kier molecular flexibility index (Phi) is 4.90. The monoisotopic (exact) mass is 387 g/mol. The first kappa shape index (κ1) is 19.2. The van der Waals surface area contributed by atoms with Crippen LogP contribution >= 0.6 is 0 Å². The number of hydrogen-bond acceptors (Lipinski definition) is 5. The Morgan fingerprint density at radius 3 is 2.37 bits per heavy atom. The van der Waals surface area contributed by atoms with E-state index < -0.39 is 10.4 Å². The summed E-state index contributed by atoms with van der Waals surface area (Å²) < 4.78 is 35.5. The van der Waals surface area contributed by atoms with Crippen molar-refractivity contribution in [2.75, 3.05) is 7.11 Å². The van der Waals surface area contributed by atoms with Crippen LogP contribution in [0, 0.1) is 13.8 Å². The fourth-order valence-corrected chi connectivity index (χ4v) is 3.18. The highest BCUT2D eigenvalue weighted by molar-refractivity contribution is 7.80. The standard InChI is InChI=1S/C18H18N3.CH4O4S/c1-11-9-15-16(10-12(11)2)21(4)18-17(20(15)3)13-7-5-6-8-14(13)19-18;1-5-6(2,3)4/h5-10H,1-4H3;1H3,(H,2,3,4)/q+1;/p-1. The van der Waals surface area contributed by atoms with E-state index in [2.05, 4.69) is 71.6 Å². The van der Waals surface area contributed by atoms with Crippen LogP contribution in [-0.4, -0.2) is 29.6 Å². The van der Waals surface area contributed by atoms with Gasteiger partial charge in [-0.1, -0.05) is 12.1 Å². The van der Waals surface area contributed by atoms with Crippen LogP contribution < -0.4 is 4.57 Å². The summed E-state index contributed by atoms with van der Waals surface area (Å²) in [6.45, 7) is 4.33. The molecule has 0 saturated heterocycles. The number of para-hydroxylation sites is 1. The van der Waals surface area contributed by atoms with Gasteiger partial charge < -0.3 is 9.12 Å². The van der Waals surface area contributed by atoms with E-state index in [0.717, 1.165) is 18.5 Å². The van der Waals surface area contributed by atoms with Gasteiger partial charge in [-0.3, -0.25) is 4.18 Å². The van der Waals surface area contributed by atoms with E-state index in [1.807, 2.05) is 6.07 Å². The van der Waals surface area contributed by atoms with Crippen LogP contribution in [-0.2, 0) is 28.7 Å². The van der Waals surface area contributed by atoms with Gasteiger partial charge in [0.1, 0.15) is 5.69 Å². The van der Waals surface area contributed by atoms with Crippen LogP contribution in [0.4, 0.5) is 0 Å². The Morgan fingerprint density at radius 1 is 1.15 bits per heavy atom. The summed E-state index contributed by atoms with van der Waals surface area (Å²) in [5.41, 5.74) is 7.35. The number of hydrogen-bond donors (Lipinski definition) is 0. The lowest BCUT2D eigenvalue weighted by Gasteiger charge is -2.13. The summed E-state index contributed by atoms with van der Waals surface area (Å²) in [6, 6.07) is 12.9. The molecule has 0 bridgehead atoms. The van der Waals surface area contributed by atoms with Crippen molar-refractivity contribution in [1.29, 1.82) is 0 Å². The van der Waals surface area contributed by atoms with Gasteiger partial charge in [0, 0.05) is 7.05 Å². The first-order chi connectivity index (χ1) is 12.6. The van der Waals surface area contributed by atoms with Gasteiger partial charge in [0.25, 0.3) is 0 Å². The summed E-state index contributed by atoms with van der Waals surface area (Å²) in [4.78, 5) is 4.82. The van der Waals surface area contributed by atoms with E-state index in [0.29, 0.717) is 0 Å². The predicted octanol–water partition coefficient (Wildman–Crippen LogP) is 2.37. The molecular weight excluding hydrogens is 366 g/mol. The molecule has 8 heteroatoms. The van der Waals surface area contributed by atoms with Gasteiger partial charge in [-0.2, -0.15) is 0 Å². The highest BCUT2D eigenvalue weighted by atomic mass is 32.3. The largest absolute Gasteiger partial charge is 0.726 e. The van der Waals surface area contributed by atoms with Crippen molar-refractivity contribution in [3.8, 4) is 11.5 Å². The maximum Gasteiger partial charge on any atom is 0.348 e. The Hall–Kier alpha value is -2.55. The normalized spacial score (nSPS) is 11.8. The molecule has 2 heterocycles. The second-order valence-corrected chi connectivity index (χ2v) is 7.57. The summed E-state index contributed by atoms with van der Waals surface area (Å²) in [6.07, 6.45) is 0. The Morgan fingerprint density at radius 2 is 1.74 bits per heavy atom. The molecule has 2 aromatic rings. The Balaban J connectivity index is 0.000000307. The average Bonchev–Trinajstić information content (AvgIpc) is 3.01. The van der Waals surface area contributed by atoms with Gasteiger partial charge in [-0.15, -0.1) is 0 Å². The molecule has 2 aliphatic rings. The topological polar surface area (TPSA) is 88.1 Å². The molecule has 0 aromatic heterocycles. The molecule has 2 aromatic carbocycles. The third kappa shape index (κ3) is 3.51. The Bertz CT molecular complexity index is 1230. The number of nitrogens with zero attached hydrogens (tertiary/aromatic N) is 3. The van der Waals surface area contributed by atoms with Crippen LogP contribution in [0.5, 0.6) is 0 Å². The summed E-state index contributed by atoms with van der Waals surface area (Å²) >= 11 is 0. The fourth-order valence-electron chi connectivity index (χ4n) is 3.18. The van der Waals surface area contributed by atoms with E-state index in [1.165, 1.54) is 33.2 Å². The molecule has 27 heavy (non-hydrogen) atoms. The van der Waals surface area contributed by atoms with Gasteiger partial charge >= 0.3 is 5.82 Å². The van der Waals surface area contributed by atoms with E-state index in [-0.39, 0.29) is 0 Å². The third-order valence-corrected chi connectivity index (χ3v) is 5.18. The first-order valence-corrected chi connectivity index (χ1v) is 9.63. The second-order valence-electron chi connectivity index (χ2n) is 6.42. The molecule has 0 fully saturated rings. The lowest BCUT2D eigenvalue weighted by molar-refractivity contribution is -0.636. The third-order valence-electron chi connectivity index (χ3n) is 4.77. The van der Waals surface area contributed by atoms with Crippen molar-refractivity contribution in [3.63, 3.8) is 0 Å². The lowest BCUT2D eigenvalue weighted by atomic mass is 10.1. The molecule has 2 aliphatic heterocycles. The second kappa shape index (κ2) is 6.88. The maximum atomic E-state index is 9.22. The maximum absolute atomic E-state index is 9.22. The smallest absolute Gasteiger partial charge is 0.348 e. The molecule has 0 unspecified atom stereocenters. The molecule has 0 atom stereocenters. The minimum atomic E-state index is -4.41. The zero-order chi connectivity index (χ0) is 19.9. The zero-order valence-electron chi connectivity index (χ0n) is 15.8. The van der Waals surface area contributed by atoms with E-state index >= 15 is 0 Å². The van der Waals surface area contributed by atoms with Crippen LogP contribution in [0.1, 0.15) is 11.1 Å². The van der Waals surface area contributed by atoms with Crippen LogP contribution in [0.3, 0.4) is 0 Å². The van der Waals surface area contributed by atoms with Gasteiger partial charge in [-0.25, -0.2) is 13.0 Å². The minimum absolute atomic E-state index is 0.808. The number of rotatable bonds is 1. The number of aromatic nitrogens is 3. The molecule has 4 rings (SSSR count). The molecule has 142 valence electrons. The minimum Gasteiger partial charge on any atom is -0.726 e. The van der Waals surface area contributed by atoms with Crippen molar-refractivity contribution < 1.29 is 21.7 Å². The molecule has 0 saturated carbocycles. The highest BCUT2D eigenvalue weighted by Gasteiger charge is 2.27. The van der Waals surface area contributed by atoms with Crippen molar-refractivity contribution >= 4 is 32.3 Å². The quantitative estimate of drug-likeness (QED) is 0.284. The highest BCUT2D eigenvalue weighted by Crippen LogP contribution is 2.31. The van der Waals surface area contributed by atoms with E-state index in [4.69, 9.17) is 4.98 Å². The van der Waals surface area contributed by atoms with Gasteiger partial charge in [0.05, 0.1) is 25.1 Å². The summed E-state index contributed by atoms with van der Waals surface area (Å²) in [5.74, 6) is 1.04. The van der Waals surface area contributed by atoms with E-state index in [9.17, 15) is 13.0 Å². The van der Waals surface area contributed by atoms with Crippen molar-refractivity contribution in [1.82, 2.24) is 9.55 Å². The average molecular weight is 387 g/mol. The van der Waals surface area contributed by atoms with Gasteiger partial charge in [0.2, 0.25) is 10.4 Å². The van der Waals surface area contributed by atoms with Gasteiger partial charge in [0.15, 0.2) is 11.0 Å². The number of fused-ring (bicyclic) bond motifs is 4. The molecule has 0 radical (unpaired) electrons. The zero-order valence-corrected chi connectivity index (χ0v) is 16.7. The lowest BCUT2D eigenvalue weighted by Crippen LogP contribution is -2.35. The molecule has 0 amide bonds. The van der Waals surface area contributed by atoms with Crippen LogP contribution in [0.25, 0.3) is 33.5 Å². The summed E-state index contributed by atoms with van der Waals surface area (Å²) in [7, 11) is 0.631. The van der Waals surface area contributed by atoms with E-state index in [1.54, 1.807) is 0 Å². The Labute approximate surface area is 158 Å².